The number of hydrogen-bond donors (Lipinski definition) is 0. The first kappa shape index (κ1) is 5.62. The number of azide groups is 1. The topological polar surface area (TPSA) is 58.0 Å². The van der Waals surface area contributed by atoms with Gasteiger partial charge in [0.2, 0.25) is 0 Å². The Labute approximate surface area is 39.5 Å². The quantitative estimate of drug-likeness (QED) is 0.176. The van der Waals surface area contributed by atoms with Gasteiger partial charge in [-0.2, -0.15) is 0 Å². The monoisotopic (exact) mass is 105 g/mol. The highest BCUT2D eigenvalue weighted by Gasteiger charge is 1.64. The van der Waals surface area contributed by atoms with E-state index in [0.29, 0.717) is 12.2 Å². The van der Waals surface area contributed by atoms with Crippen LogP contribution in [0.2, 0.25) is 0 Å². The summed E-state index contributed by atoms with van der Waals surface area (Å²) < 4.78 is 7.24. The molecule has 0 radical (unpaired) electrons. The molecular formula is CH3N3OS. The molecule has 0 aromatic carbocycles. The molecule has 0 aromatic heterocycles. The van der Waals surface area contributed by atoms with Gasteiger partial charge in [0, 0.05) is 4.91 Å². The van der Waals surface area contributed by atoms with Gasteiger partial charge in [-0.25, -0.2) is 0 Å². The smallest absolute Gasteiger partial charge is 0.0897 e. The fourth-order valence-corrected chi connectivity index (χ4v) is 0.145. The lowest BCUT2D eigenvalue weighted by molar-refractivity contribution is 0.490. The SMILES string of the molecule is COSN=[N+]=[N-]. The van der Waals surface area contributed by atoms with E-state index in [-0.39, 0.29) is 0 Å². The molecule has 0 heterocycles. The van der Waals surface area contributed by atoms with E-state index in [4.69, 9.17) is 5.53 Å². The summed E-state index contributed by atoms with van der Waals surface area (Å²) in [7, 11) is 1.43. The second-order valence-electron chi connectivity index (χ2n) is 0.412. The normalized spacial score (nSPS) is 6.83. The summed E-state index contributed by atoms with van der Waals surface area (Å²) in [5, 5.41) is 0. The van der Waals surface area contributed by atoms with Crippen LogP contribution in [0.3, 0.4) is 0 Å². The Morgan fingerprint density at radius 3 is 2.83 bits per heavy atom. The average molecular weight is 105 g/mol. The highest BCUT2D eigenvalue weighted by atomic mass is 32.2. The third kappa shape index (κ3) is 3.62. The minimum Gasteiger partial charge on any atom is -0.312 e. The largest absolute Gasteiger partial charge is 0.312 e. The lowest BCUT2D eigenvalue weighted by Gasteiger charge is -1.75. The van der Waals surface area contributed by atoms with Crippen molar-refractivity contribution in [2.24, 2.45) is 4.52 Å². The van der Waals surface area contributed by atoms with Crippen LogP contribution in [0.4, 0.5) is 0 Å². The minimum absolute atomic E-state index is 0.716. The van der Waals surface area contributed by atoms with Crippen LogP contribution < -0.4 is 0 Å². The van der Waals surface area contributed by atoms with Gasteiger partial charge in [0.1, 0.15) is 0 Å². The van der Waals surface area contributed by atoms with Crippen molar-refractivity contribution < 1.29 is 4.18 Å². The molecule has 0 saturated carbocycles. The van der Waals surface area contributed by atoms with Crippen LogP contribution in [-0.2, 0) is 4.18 Å². The zero-order valence-corrected chi connectivity index (χ0v) is 3.97. The van der Waals surface area contributed by atoms with Crippen molar-refractivity contribution in [1.29, 1.82) is 0 Å². The van der Waals surface area contributed by atoms with E-state index in [1.807, 2.05) is 0 Å². The van der Waals surface area contributed by atoms with E-state index in [9.17, 15) is 0 Å². The fourth-order valence-electron chi connectivity index (χ4n) is 0.0482. The maximum absolute atomic E-state index is 7.55. The molecule has 0 atom stereocenters. The van der Waals surface area contributed by atoms with E-state index >= 15 is 0 Å². The summed E-state index contributed by atoms with van der Waals surface area (Å²) in [4.78, 5) is 2.39. The van der Waals surface area contributed by atoms with Gasteiger partial charge in [0.05, 0.1) is 19.3 Å². The first-order valence-electron chi connectivity index (χ1n) is 1.16. The van der Waals surface area contributed by atoms with Crippen LogP contribution in [0.25, 0.3) is 10.4 Å². The number of hydrogen-bond acceptors (Lipinski definition) is 3. The van der Waals surface area contributed by atoms with E-state index in [1.165, 1.54) is 7.11 Å². The predicted octanol–water partition coefficient (Wildman–Crippen LogP) is 1.51. The van der Waals surface area contributed by atoms with E-state index in [1.54, 1.807) is 0 Å². The van der Waals surface area contributed by atoms with Crippen LogP contribution >= 0.6 is 12.2 Å². The minimum atomic E-state index is 0.716. The van der Waals surface area contributed by atoms with Gasteiger partial charge in [-0.05, 0) is 10.1 Å². The first-order chi connectivity index (χ1) is 2.91. The van der Waals surface area contributed by atoms with Crippen LogP contribution in [0, 0.1) is 0 Å². The Morgan fingerprint density at radius 2 is 2.67 bits per heavy atom. The van der Waals surface area contributed by atoms with Gasteiger partial charge in [0.15, 0.2) is 0 Å². The average Bonchev–Trinajstić information content (AvgIpc) is 1.61. The Balaban J connectivity index is 2.86. The molecule has 0 fully saturated rings. The van der Waals surface area contributed by atoms with Gasteiger partial charge in [0.25, 0.3) is 0 Å². The summed E-state index contributed by atoms with van der Waals surface area (Å²) in [6, 6.07) is 0. The second kappa shape index (κ2) is 4.62. The molecule has 34 valence electrons. The summed E-state index contributed by atoms with van der Waals surface area (Å²) in [6.07, 6.45) is 0. The van der Waals surface area contributed by atoms with Crippen LogP contribution in [0.1, 0.15) is 0 Å². The maximum atomic E-state index is 7.55. The highest BCUT2D eigenvalue weighted by molar-refractivity contribution is 7.93. The molecule has 0 unspecified atom stereocenters. The van der Waals surface area contributed by atoms with Crippen molar-refractivity contribution in [2.75, 3.05) is 7.11 Å². The van der Waals surface area contributed by atoms with E-state index < -0.39 is 0 Å². The van der Waals surface area contributed by atoms with Crippen LogP contribution in [-0.4, -0.2) is 7.11 Å². The molecule has 0 amide bonds. The lowest BCUT2D eigenvalue weighted by atomic mass is 11.8. The molecule has 0 saturated heterocycles. The second-order valence-corrected chi connectivity index (χ2v) is 1.06. The molecule has 0 spiro atoms. The first-order valence-corrected chi connectivity index (χ1v) is 1.86. The molecule has 4 nitrogen and oxygen atoms in total. The molecule has 6 heavy (non-hydrogen) atoms. The standard InChI is InChI=1S/CH3N3OS/c1-5-6-4-3-2/h1H3. The molecule has 5 heteroatoms. The van der Waals surface area contributed by atoms with Crippen molar-refractivity contribution in [3.05, 3.63) is 10.4 Å². The van der Waals surface area contributed by atoms with E-state index in [2.05, 4.69) is 13.6 Å². The number of nitrogens with zero attached hydrogens (tertiary/aromatic N) is 3. The molecule has 0 aromatic rings. The van der Waals surface area contributed by atoms with Crippen LogP contribution in [0.15, 0.2) is 4.52 Å². The highest BCUT2D eigenvalue weighted by Crippen LogP contribution is 1.98. The molecular weight excluding hydrogens is 102 g/mol. The zero-order valence-electron chi connectivity index (χ0n) is 3.16. The number of rotatable bonds is 2. The van der Waals surface area contributed by atoms with Crippen molar-refractivity contribution in [2.45, 2.75) is 0 Å². The Bertz CT molecular complexity index is 67.2. The third-order valence-corrected chi connectivity index (χ3v) is 0.433. The Kier molecular flexibility index (Phi) is 4.33. The van der Waals surface area contributed by atoms with E-state index in [0.717, 1.165) is 0 Å². The Morgan fingerprint density at radius 1 is 2.00 bits per heavy atom. The van der Waals surface area contributed by atoms with Gasteiger partial charge in [-0.15, -0.1) is 0 Å². The lowest BCUT2D eigenvalue weighted by Crippen LogP contribution is -1.52. The molecule has 0 bridgehead atoms. The Hall–Kier alpha value is -0.380. The van der Waals surface area contributed by atoms with Gasteiger partial charge < -0.3 is 4.18 Å². The summed E-state index contributed by atoms with van der Waals surface area (Å²) >= 11 is 0.716. The molecule has 0 rings (SSSR count). The molecule has 0 N–H and O–H groups in total. The molecule has 0 aliphatic heterocycles. The zero-order chi connectivity index (χ0) is 4.83. The predicted molar refractivity (Wildman–Crippen MR) is 23.7 cm³/mol. The van der Waals surface area contributed by atoms with Crippen molar-refractivity contribution in [1.82, 2.24) is 0 Å². The summed E-state index contributed by atoms with van der Waals surface area (Å²) in [6.45, 7) is 0. The maximum Gasteiger partial charge on any atom is 0.0897 e. The van der Waals surface area contributed by atoms with Gasteiger partial charge >= 0.3 is 0 Å². The van der Waals surface area contributed by atoms with Crippen molar-refractivity contribution in [3.8, 4) is 0 Å². The molecule has 0 aliphatic carbocycles. The van der Waals surface area contributed by atoms with Gasteiger partial charge in [-0.1, -0.05) is 0 Å². The fraction of sp³-hybridized carbons (Fsp3) is 1.00. The summed E-state index contributed by atoms with van der Waals surface area (Å²) in [5.41, 5.74) is 7.55. The summed E-state index contributed by atoms with van der Waals surface area (Å²) in [5.74, 6) is 0. The van der Waals surface area contributed by atoms with Gasteiger partial charge in [-0.3, -0.25) is 0 Å². The van der Waals surface area contributed by atoms with Crippen molar-refractivity contribution in [3.63, 3.8) is 0 Å². The van der Waals surface area contributed by atoms with Crippen LogP contribution in [0.5, 0.6) is 0 Å². The molecule has 0 aliphatic rings. The third-order valence-electron chi connectivity index (χ3n) is 0.144. The van der Waals surface area contributed by atoms with Crippen molar-refractivity contribution >= 4 is 12.2 Å².